The Bertz CT molecular complexity index is 88.5. The van der Waals surface area contributed by atoms with E-state index in [2.05, 4.69) is 20.1 Å². The number of nitrogens with zero attached hydrogens (tertiary/aromatic N) is 1. The molecule has 0 aliphatic rings. The first-order chi connectivity index (χ1) is 5.72. The molecule has 74 valence electrons. The van der Waals surface area contributed by atoms with E-state index >= 15 is 0 Å². The van der Waals surface area contributed by atoms with Crippen molar-refractivity contribution in [3.05, 3.63) is 0 Å². The van der Waals surface area contributed by atoms with Crippen molar-refractivity contribution in [2.75, 3.05) is 18.6 Å². The van der Waals surface area contributed by atoms with Gasteiger partial charge in [0, 0.05) is 18.3 Å². The maximum absolute atomic E-state index is 9.50. The first kappa shape index (κ1) is 12.3. The number of hydrogen-bond donors (Lipinski definition) is 1. The molecule has 0 saturated heterocycles. The van der Waals surface area contributed by atoms with Gasteiger partial charge in [-0.1, -0.05) is 19.8 Å². The molecule has 0 aromatic rings. The van der Waals surface area contributed by atoms with Crippen molar-refractivity contribution in [3.63, 3.8) is 0 Å². The minimum absolute atomic E-state index is 0.317. The van der Waals surface area contributed by atoms with Gasteiger partial charge in [-0.2, -0.15) is 16.8 Å². The highest BCUT2D eigenvalue weighted by atomic mass is 32.2. The molecule has 0 saturated carbocycles. The van der Waals surface area contributed by atoms with Gasteiger partial charge in [0.25, 0.3) is 0 Å². The molecule has 2 nitrogen and oxygen atoms in total. The first-order valence-corrected chi connectivity index (χ1v) is 6.06. The molecule has 1 atom stereocenters. The molecule has 0 rings (SSSR count). The molecule has 0 radical (unpaired) electrons. The Labute approximate surface area is 80.3 Å². The summed E-state index contributed by atoms with van der Waals surface area (Å²) in [4.78, 5) is 0. The van der Waals surface area contributed by atoms with E-state index in [4.69, 9.17) is 0 Å². The average Bonchev–Trinajstić information content (AvgIpc) is 2.10. The summed E-state index contributed by atoms with van der Waals surface area (Å²) in [5.41, 5.74) is 0. The molecule has 0 aliphatic heterocycles. The van der Waals surface area contributed by atoms with Crippen LogP contribution in [0.4, 0.5) is 0 Å². The second kappa shape index (κ2) is 7.90. The maximum atomic E-state index is 9.50. The Morgan fingerprint density at radius 1 is 1.50 bits per heavy atom. The Balaban J connectivity index is 3.39. The minimum atomic E-state index is 0.317. The molecular weight excluding hydrogens is 170 g/mol. The fourth-order valence-electron chi connectivity index (χ4n) is 1.05. The van der Waals surface area contributed by atoms with Gasteiger partial charge in [-0.15, -0.1) is 0 Å². The predicted molar refractivity (Wildman–Crippen MR) is 55.9 cm³/mol. The lowest BCUT2D eigenvalue weighted by molar-refractivity contribution is -0.118. The van der Waals surface area contributed by atoms with Gasteiger partial charge in [0.05, 0.1) is 0 Å². The number of rotatable bonds is 7. The summed E-state index contributed by atoms with van der Waals surface area (Å²) in [6.45, 7) is 5.04. The summed E-state index contributed by atoms with van der Waals surface area (Å²) >= 11 is 1.77. The van der Waals surface area contributed by atoms with E-state index in [1.54, 1.807) is 11.8 Å². The Morgan fingerprint density at radius 3 is 2.67 bits per heavy atom. The zero-order valence-electron chi connectivity index (χ0n) is 8.42. The van der Waals surface area contributed by atoms with Gasteiger partial charge in [0.1, 0.15) is 0 Å². The Kier molecular flexibility index (Phi) is 8.07. The first-order valence-electron chi connectivity index (χ1n) is 4.66. The van der Waals surface area contributed by atoms with Gasteiger partial charge < -0.3 is 5.21 Å². The van der Waals surface area contributed by atoms with Crippen LogP contribution in [0.25, 0.3) is 0 Å². The van der Waals surface area contributed by atoms with Crippen molar-refractivity contribution in [2.24, 2.45) is 0 Å². The molecule has 3 heteroatoms. The van der Waals surface area contributed by atoms with E-state index < -0.39 is 0 Å². The SMILES string of the molecule is CCCCC(C)N(O)CCSC. The van der Waals surface area contributed by atoms with E-state index in [0.29, 0.717) is 6.04 Å². The quantitative estimate of drug-likeness (QED) is 0.626. The third-order valence-electron chi connectivity index (χ3n) is 2.01. The highest BCUT2D eigenvalue weighted by Crippen LogP contribution is 2.06. The lowest BCUT2D eigenvalue weighted by atomic mass is 10.1. The van der Waals surface area contributed by atoms with E-state index in [-0.39, 0.29) is 0 Å². The van der Waals surface area contributed by atoms with Gasteiger partial charge in [-0.05, 0) is 19.6 Å². The summed E-state index contributed by atoms with van der Waals surface area (Å²) in [6.07, 6.45) is 5.57. The molecule has 0 aliphatic carbocycles. The molecular formula is C9H21NOS. The predicted octanol–water partition coefficient (Wildman–Crippen LogP) is 2.62. The van der Waals surface area contributed by atoms with Gasteiger partial charge in [-0.3, -0.25) is 0 Å². The summed E-state index contributed by atoms with van der Waals surface area (Å²) in [6, 6.07) is 0.317. The third kappa shape index (κ3) is 5.86. The summed E-state index contributed by atoms with van der Waals surface area (Å²) in [7, 11) is 0. The largest absolute Gasteiger partial charge is 0.314 e. The summed E-state index contributed by atoms with van der Waals surface area (Å²) in [5.74, 6) is 1.01. The molecule has 12 heavy (non-hydrogen) atoms. The monoisotopic (exact) mass is 191 g/mol. The molecule has 1 N–H and O–H groups in total. The molecule has 1 unspecified atom stereocenters. The number of thioether (sulfide) groups is 1. The van der Waals surface area contributed by atoms with Crippen molar-refractivity contribution in [1.29, 1.82) is 0 Å². The highest BCUT2D eigenvalue weighted by molar-refractivity contribution is 7.98. The molecule has 0 spiro atoms. The smallest absolute Gasteiger partial charge is 0.0331 e. The van der Waals surface area contributed by atoms with Crippen LogP contribution < -0.4 is 0 Å². The molecule has 0 fully saturated rings. The van der Waals surface area contributed by atoms with E-state index in [9.17, 15) is 5.21 Å². The zero-order valence-corrected chi connectivity index (χ0v) is 9.23. The van der Waals surface area contributed by atoms with Crippen molar-refractivity contribution in [3.8, 4) is 0 Å². The maximum Gasteiger partial charge on any atom is 0.0331 e. The van der Waals surface area contributed by atoms with Gasteiger partial charge in [0.2, 0.25) is 0 Å². The number of unbranched alkanes of at least 4 members (excludes halogenated alkanes) is 1. The van der Waals surface area contributed by atoms with Crippen LogP contribution in [0.3, 0.4) is 0 Å². The van der Waals surface area contributed by atoms with Crippen LogP contribution >= 0.6 is 11.8 Å². The van der Waals surface area contributed by atoms with E-state index in [1.807, 2.05) is 0 Å². The van der Waals surface area contributed by atoms with Crippen LogP contribution in [0.1, 0.15) is 33.1 Å². The fourth-order valence-corrected chi connectivity index (χ4v) is 1.42. The number of hydroxylamine groups is 2. The standard InChI is InChI=1S/C9H21NOS/c1-4-5-6-9(2)10(11)7-8-12-3/h9,11H,4-8H2,1-3H3. The summed E-state index contributed by atoms with van der Waals surface area (Å²) in [5, 5.41) is 11.0. The molecule has 0 amide bonds. The molecule has 0 heterocycles. The van der Waals surface area contributed by atoms with Crippen LogP contribution in [0.5, 0.6) is 0 Å². The minimum Gasteiger partial charge on any atom is -0.314 e. The molecule has 0 aromatic carbocycles. The van der Waals surface area contributed by atoms with Gasteiger partial charge in [0.15, 0.2) is 0 Å². The Morgan fingerprint density at radius 2 is 2.17 bits per heavy atom. The highest BCUT2D eigenvalue weighted by Gasteiger charge is 2.08. The summed E-state index contributed by atoms with van der Waals surface area (Å²) < 4.78 is 0. The van der Waals surface area contributed by atoms with Crippen LogP contribution in [0, 0.1) is 0 Å². The van der Waals surface area contributed by atoms with Crippen LogP contribution in [0.2, 0.25) is 0 Å². The second-order valence-corrected chi connectivity index (χ2v) is 4.13. The normalized spacial score (nSPS) is 13.8. The lowest BCUT2D eigenvalue weighted by Gasteiger charge is -2.21. The topological polar surface area (TPSA) is 23.5 Å². The second-order valence-electron chi connectivity index (χ2n) is 3.15. The van der Waals surface area contributed by atoms with Crippen LogP contribution in [-0.4, -0.2) is 34.9 Å². The Hall–Kier alpha value is 0.270. The fraction of sp³-hybridized carbons (Fsp3) is 1.00. The average molecular weight is 191 g/mol. The van der Waals surface area contributed by atoms with E-state index in [0.717, 1.165) is 18.7 Å². The van der Waals surface area contributed by atoms with Crippen molar-refractivity contribution in [1.82, 2.24) is 5.06 Å². The molecule has 0 aromatic heterocycles. The van der Waals surface area contributed by atoms with Crippen molar-refractivity contribution >= 4 is 11.8 Å². The van der Waals surface area contributed by atoms with Crippen molar-refractivity contribution < 1.29 is 5.21 Å². The number of hydrogen-bond acceptors (Lipinski definition) is 3. The van der Waals surface area contributed by atoms with Gasteiger partial charge >= 0.3 is 0 Å². The van der Waals surface area contributed by atoms with Gasteiger partial charge in [-0.25, -0.2) is 0 Å². The lowest BCUT2D eigenvalue weighted by Crippen LogP contribution is -2.31. The van der Waals surface area contributed by atoms with E-state index in [1.165, 1.54) is 17.9 Å². The zero-order chi connectivity index (χ0) is 9.40. The van der Waals surface area contributed by atoms with Crippen LogP contribution in [0.15, 0.2) is 0 Å². The molecule has 0 bridgehead atoms. The van der Waals surface area contributed by atoms with Crippen molar-refractivity contribution in [2.45, 2.75) is 39.2 Å². The van der Waals surface area contributed by atoms with Crippen LogP contribution in [-0.2, 0) is 0 Å². The third-order valence-corrected chi connectivity index (χ3v) is 2.60.